The van der Waals surface area contributed by atoms with Gasteiger partial charge in [0.1, 0.15) is 0 Å². The zero-order chi connectivity index (χ0) is 10.1. The summed E-state index contributed by atoms with van der Waals surface area (Å²) in [7, 11) is 0. The number of nitrogens with two attached hydrogens (primary N) is 1. The highest BCUT2D eigenvalue weighted by atomic mass is 79.9. The van der Waals surface area contributed by atoms with Gasteiger partial charge in [-0.2, -0.15) is 0 Å². The highest BCUT2D eigenvalue weighted by Crippen LogP contribution is 2.24. The molecule has 1 heterocycles. The van der Waals surface area contributed by atoms with Crippen molar-refractivity contribution in [2.45, 2.75) is 6.54 Å². The van der Waals surface area contributed by atoms with E-state index >= 15 is 0 Å². The van der Waals surface area contributed by atoms with Crippen molar-refractivity contribution in [3.05, 3.63) is 33.6 Å². The SMILES string of the molecule is NCc1nc(Cl)nc2c(Br)cccc12. The van der Waals surface area contributed by atoms with E-state index in [2.05, 4.69) is 25.9 Å². The molecule has 1 aromatic heterocycles. The van der Waals surface area contributed by atoms with Crippen LogP contribution in [0, 0.1) is 0 Å². The standard InChI is InChI=1S/C9H7BrClN3/c10-6-3-1-2-5-7(4-12)13-9(11)14-8(5)6/h1-3H,4,12H2. The molecular weight excluding hydrogens is 265 g/mol. The maximum Gasteiger partial charge on any atom is 0.223 e. The number of hydrogen-bond acceptors (Lipinski definition) is 3. The highest BCUT2D eigenvalue weighted by molar-refractivity contribution is 9.10. The Hall–Kier alpha value is -0.710. The van der Waals surface area contributed by atoms with Gasteiger partial charge in [0, 0.05) is 16.4 Å². The number of benzene rings is 1. The molecule has 0 aliphatic heterocycles. The van der Waals surface area contributed by atoms with Crippen molar-refractivity contribution < 1.29 is 0 Å². The van der Waals surface area contributed by atoms with Gasteiger partial charge in [0.05, 0.1) is 11.2 Å². The van der Waals surface area contributed by atoms with Crippen LogP contribution in [0.3, 0.4) is 0 Å². The fourth-order valence-corrected chi connectivity index (χ4v) is 1.95. The molecule has 0 atom stereocenters. The van der Waals surface area contributed by atoms with Gasteiger partial charge >= 0.3 is 0 Å². The van der Waals surface area contributed by atoms with Gasteiger partial charge in [-0.25, -0.2) is 9.97 Å². The fraction of sp³-hybridized carbons (Fsp3) is 0.111. The van der Waals surface area contributed by atoms with Crippen molar-refractivity contribution in [1.82, 2.24) is 9.97 Å². The minimum atomic E-state index is 0.227. The van der Waals surface area contributed by atoms with Crippen molar-refractivity contribution in [3.8, 4) is 0 Å². The topological polar surface area (TPSA) is 51.8 Å². The fourth-order valence-electron chi connectivity index (χ4n) is 1.31. The van der Waals surface area contributed by atoms with Gasteiger partial charge in [-0.3, -0.25) is 0 Å². The van der Waals surface area contributed by atoms with E-state index in [1.54, 1.807) is 0 Å². The molecule has 0 spiro atoms. The van der Waals surface area contributed by atoms with Gasteiger partial charge in [-0.05, 0) is 33.6 Å². The Labute approximate surface area is 94.4 Å². The lowest BCUT2D eigenvalue weighted by atomic mass is 10.2. The number of fused-ring (bicyclic) bond motifs is 1. The van der Waals surface area contributed by atoms with E-state index in [0.717, 1.165) is 21.1 Å². The third-order valence-corrected chi connectivity index (χ3v) is 2.73. The molecule has 0 saturated heterocycles. The molecule has 0 aliphatic rings. The lowest BCUT2D eigenvalue weighted by Crippen LogP contribution is -2.02. The molecule has 3 nitrogen and oxygen atoms in total. The van der Waals surface area contributed by atoms with Crippen LogP contribution >= 0.6 is 27.5 Å². The quantitative estimate of drug-likeness (QED) is 0.812. The Morgan fingerprint density at radius 1 is 1.36 bits per heavy atom. The summed E-state index contributed by atoms with van der Waals surface area (Å²) in [5.41, 5.74) is 7.13. The lowest BCUT2D eigenvalue weighted by Gasteiger charge is -2.04. The van der Waals surface area contributed by atoms with Gasteiger partial charge in [0.25, 0.3) is 0 Å². The van der Waals surface area contributed by atoms with E-state index in [1.165, 1.54) is 0 Å². The molecule has 72 valence electrons. The first-order valence-electron chi connectivity index (χ1n) is 4.03. The number of aromatic nitrogens is 2. The van der Waals surface area contributed by atoms with Crippen LogP contribution < -0.4 is 5.73 Å². The summed E-state index contributed by atoms with van der Waals surface area (Å²) in [5, 5.41) is 1.16. The highest BCUT2D eigenvalue weighted by Gasteiger charge is 2.06. The molecule has 1 aromatic carbocycles. The van der Waals surface area contributed by atoms with Crippen LogP contribution in [0.15, 0.2) is 22.7 Å². The van der Waals surface area contributed by atoms with E-state index in [0.29, 0.717) is 6.54 Å². The second-order valence-electron chi connectivity index (χ2n) is 2.78. The smallest absolute Gasteiger partial charge is 0.223 e. The molecule has 2 aromatic rings. The van der Waals surface area contributed by atoms with Crippen molar-refractivity contribution in [2.24, 2.45) is 5.73 Å². The molecule has 0 bridgehead atoms. The number of nitrogens with zero attached hydrogens (tertiary/aromatic N) is 2. The van der Waals surface area contributed by atoms with Crippen LogP contribution in [0.5, 0.6) is 0 Å². The average molecular weight is 273 g/mol. The van der Waals surface area contributed by atoms with E-state index in [9.17, 15) is 0 Å². The summed E-state index contributed by atoms with van der Waals surface area (Å²) in [6, 6.07) is 5.76. The molecule has 0 fully saturated rings. The summed E-state index contributed by atoms with van der Waals surface area (Å²) < 4.78 is 0.897. The first-order valence-corrected chi connectivity index (χ1v) is 5.20. The monoisotopic (exact) mass is 271 g/mol. The van der Waals surface area contributed by atoms with Crippen LogP contribution in [0.2, 0.25) is 5.28 Å². The van der Waals surface area contributed by atoms with E-state index in [-0.39, 0.29) is 5.28 Å². The van der Waals surface area contributed by atoms with Gasteiger partial charge in [0.15, 0.2) is 0 Å². The molecule has 2 N–H and O–H groups in total. The zero-order valence-electron chi connectivity index (χ0n) is 7.17. The summed E-state index contributed by atoms with van der Waals surface area (Å²) in [5.74, 6) is 0. The van der Waals surface area contributed by atoms with Gasteiger partial charge in [-0.1, -0.05) is 12.1 Å². The normalized spacial score (nSPS) is 10.8. The summed E-state index contributed by atoms with van der Waals surface area (Å²) in [6.07, 6.45) is 0. The molecule has 0 saturated carbocycles. The molecular formula is C9H7BrClN3. The van der Waals surface area contributed by atoms with Crippen molar-refractivity contribution in [2.75, 3.05) is 0 Å². The minimum absolute atomic E-state index is 0.227. The van der Waals surface area contributed by atoms with E-state index < -0.39 is 0 Å². The molecule has 0 radical (unpaired) electrons. The van der Waals surface area contributed by atoms with E-state index in [1.807, 2.05) is 18.2 Å². The van der Waals surface area contributed by atoms with Crippen LogP contribution in [-0.2, 0) is 6.54 Å². The Kier molecular flexibility index (Phi) is 2.67. The lowest BCUT2D eigenvalue weighted by molar-refractivity contribution is 0.990. The first-order chi connectivity index (χ1) is 6.72. The van der Waals surface area contributed by atoms with Gasteiger partial charge in [0.2, 0.25) is 5.28 Å². The zero-order valence-corrected chi connectivity index (χ0v) is 9.51. The largest absolute Gasteiger partial charge is 0.325 e. The Morgan fingerprint density at radius 3 is 2.86 bits per heavy atom. The molecule has 0 amide bonds. The Morgan fingerprint density at radius 2 is 2.14 bits per heavy atom. The van der Waals surface area contributed by atoms with Crippen molar-refractivity contribution in [3.63, 3.8) is 0 Å². The number of halogens is 2. The second-order valence-corrected chi connectivity index (χ2v) is 3.97. The first kappa shape index (κ1) is 9.83. The molecule has 2 rings (SSSR count). The molecule has 14 heavy (non-hydrogen) atoms. The second kappa shape index (κ2) is 3.81. The third-order valence-electron chi connectivity index (χ3n) is 1.92. The Balaban J connectivity index is 2.87. The van der Waals surface area contributed by atoms with Gasteiger partial charge in [-0.15, -0.1) is 0 Å². The predicted octanol–water partition coefficient (Wildman–Crippen LogP) is 2.50. The number of rotatable bonds is 1. The molecule has 0 aliphatic carbocycles. The number of hydrogen-bond donors (Lipinski definition) is 1. The Bertz CT molecular complexity index is 487. The molecule has 0 unspecified atom stereocenters. The maximum atomic E-state index is 5.78. The van der Waals surface area contributed by atoms with Crippen LogP contribution in [0.25, 0.3) is 10.9 Å². The van der Waals surface area contributed by atoms with E-state index in [4.69, 9.17) is 17.3 Å². The van der Waals surface area contributed by atoms with Crippen LogP contribution in [-0.4, -0.2) is 9.97 Å². The van der Waals surface area contributed by atoms with Crippen LogP contribution in [0.4, 0.5) is 0 Å². The average Bonchev–Trinajstić information content (AvgIpc) is 2.18. The van der Waals surface area contributed by atoms with Crippen molar-refractivity contribution in [1.29, 1.82) is 0 Å². The summed E-state index contributed by atoms with van der Waals surface area (Å²) >= 11 is 9.18. The van der Waals surface area contributed by atoms with Gasteiger partial charge < -0.3 is 5.73 Å². The number of para-hydroxylation sites is 1. The maximum absolute atomic E-state index is 5.78. The van der Waals surface area contributed by atoms with Crippen molar-refractivity contribution >= 4 is 38.4 Å². The summed E-state index contributed by atoms with van der Waals surface area (Å²) in [6.45, 7) is 0.356. The third kappa shape index (κ3) is 1.61. The molecule has 5 heteroatoms. The predicted molar refractivity (Wildman–Crippen MR) is 60.1 cm³/mol. The minimum Gasteiger partial charge on any atom is -0.325 e. The summed E-state index contributed by atoms with van der Waals surface area (Å²) in [4.78, 5) is 8.21. The van der Waals surface area contributed by atoms with Crippen LogP contribution in [0.1, 0.15) is 5.69 Å².